The monoisotopic (exact) mass is 367 g/mol. The van der Waals surface area contributed by atoms with Crippen molar-refractivity contribution in [2.75, 3.05) is 4.90 Å². The summed E-state index contributed by atoms with van der Waals surface area (Å²) in [6.07, 6.45) is 0.900. The van der Waals surface area contributed by atoms with Crippen LogP contribution in [-0.4, -0.2) is 28.6 Å². The van der Waals surface area contributed by atoms with Crippen molar-refractivity contribution in [3.05, 3.63) is 59.2 Å². The molecule has 3 rings (SSSR count). The lowest BCUT2D eigenvalue weighted by atomic mass is 9.97. The lowest BCUT2D eigenvalue weighted by molar-refractivity contribution is -0.143. The molecule has 0 aromatic heterocycles. The normalized spacial score (nSPS) is 16.4. The molecule has 0 fully saturated rings. The number of hydrogen-bond acceptors (Lipinski definition) is 3. The van der Waals surface area contributed by atoms with Gasteiger partial charge in [0.05, 0.1) is 5.69 Å². The topological polar surface area (TPSA) is 66.8 Å². The number of hydrogen-bond donors (Lipinski definition) is 1. The summed E-state index contributed by atoms with van der Waals surface area (Å²) in [6, 6.07) is 12.6. The SMILES string of the molecule is Cc1ccc(CCC(C(=O)O)N2C(=O)C(C)(C)Oc3ccc(C)cc32)cc1. The van der Waals surface area contributed by atoms with Gasteiger partial charge in [0, 0.05) is 0 Å². The summed E-state index contributed by atoms with van der Waals surface area (Å²) in [7, 11) is 0. The van der Waals surface area contributed by atoms with Gasteiger partial charge in [0.25, 0.3) is 5.91 Å². The van der Waals surface area contributed by atoms with Gasteiger partial charge in [-0.1, -0.05) is 35.9 Å². The van der Waals surface area contributed by atoms with Gasteiger partial charge >= 0.3 is 5.97 Å². The van der Waals surface area contributed by atoms with Gasteiger partial charge in [-0.15, -0.1) is 0 Å². The maximum atomic E-state index is 13.1. The first kappa shape index (κ1) is 19.0. The number of carbonyl (C=O) groups is 2. The number of amides is 1. The number of rotatable bonds is 5. The largest absolute Gasteiger partial charge is 0.480 e. The third kappa shape index (κ3) is 3.82. The van der Waals surface area contributed by atoms with Gasteiger partial charge in [-0.05, 0) is 63.8 Å². The highest BCUT2D eigenvalue weighted by molar-refractivity contribution is 6.06. The summed E-state index contributed by atoms with van der Waals surface area (Å²) < 4.78 is 5.84. The predicted molar refractivity (Wildman–Crippen MR) is 104 cm³/mol. The highest BCUT2D eigenvalue weighted by atomic mass is 16.5. The zero-order valence-electron chi connectivity index (χ0n) is 16.2. The molecule has 2 aromatic rings. The number of anilines is 1. The van der Waals surface area contributed by atoms with Crippen LogP contribution >= 0.6 is 0 Å². The zero-order chi connectivity index (χ0) is 19.8. The number of carbonyl (C=O) groups excluding carboxylic acids is 1. The quantitative estimate of drug-likeness (QED) is 0.870. The molecule has 1 N–H and O–H groups in total. The van der Waals surface area contributed by atoms with Crippen LogP contribution in [0.25, 0.3) is 0 Å². The third-order valence-electron chi connectivity index (χ3n) is 4.90. The summed E-state index contributed by atoms with van der Waals surface area (Å²) in [4.78, 5) is 26.6. The maximum absolute atomic E-state index is 13.1. The molecule has 1 unspecified atom stereocenters. The average Bonchev–Trinajstić information content (AvgIpc) is 2.60. The van der Waals surface area contributed by atoms with E-state index < -0.39 is 17.6 Å². The molecule has 2 aromatic carbocycles. The maximum Gasteiger partial charge on any atom is 0.326 e. The zero-order valence-corrected chi connectivity index (χ0v) is 16.2. The summed E-state index contributed by atoms with van der Waals surface area (Å²) >= 11 is 0. The Kier molecular flexibility index (Phi) is 4.96. The van der Waals surface area contributed by atoms with Gasteiger partial charge in [0.2, 0.25) is 0 Å². The van der Waals surface area contributed by atoms with Crippen LogP contribution in [0.5, 0.6) is 5.75 Å². The lowest BCUT2D eigenvalue weighted by Crippen LogP contribution is -2.58. The van der Waals surface area contributed by atoms with Crippen LogP contribution in [0.15, 0.2) is 42.5 Å². The number of fused-ring (bicyclic) bond motifs is 1. The van der Waals surface area contributed by atoms with Crippen LogP contribution in [0.4, 0.5) is 5.69 Å². The summed E-state index contributed by atoms with van der Waals surface area (Å²) in [5, 5.41) is 9.90. The van der Waals surface area contributed by atoms with Gasteiger partial charge in [0.1, 0.15) is 11.8 Å². The molecule has 1 heterocycles. The van der Waals surface area contributed by atoms with Crippen LogP contribution < -0.4 is 9.64 Å². The van der Waals surface area contributed by atoms with Gasteiger partial charge in [-0.25, -0.2) is 4.79 Å². The molecular weight excluding hydrogens is 342 g/mol. The molecule has 0 saturated heterocycles. The van der Waals surface area contributed by atoms with E-state index in [4.69, 9.17) is 4.74 Å². The molecule has 0 bridgehead atoms. The van der Waals surface area contributed by atoms with Crippen molar-refractivity contribution >= 4 is 17.6 Å². The minimum Gasteiger partial charge on any atom is -0.480 e. The molecule has 1 aliphatic heterocycles. The van der Waals surface area contributed by atoms with Crippen molar-refractivity contribution in [3.8, 4) is 5.75 Å². The second kappa shape index (κ2) is 7.06. The van der Waals surface area contributed by atoms with Crippen molar-refractivity contribution in [2.45, 2.75) is 52.2 Å². The van der Waals surface area contributed by atoms with E-state index in [9.17, 15) is 14.7 Å². The number of ether oxygens (including phenoxy) is 1. The molecule has 27 heavy (non-hydrogen) atoms. The van der Waals surface area contributed by atoms with Crippen LogP contribution in [0, 0.1) is 13.8 Å². The Bertz CT molecular complexity index is 870. The van der Waals surface area contributed by atoms with Crippen molar-refractivity contribution in [3.63, 3.8) is 0 Å². The summed E-state index contributed by atoms with van der Waals surface area (Å²) in [6.45, 7) is 7.26. The highest BCUT2D eigenvalue weighted by Gasteiger charge is 2.45. The van der Waals surface area contributed by atoms with E-state index in [0.29, 0.717) is 24.3 Å². The smallest absolute Gasteiger partial charge is 0.326 e. The molecule has 1 aliphatic rings. The van der Waals surface area contributed by atoms with Crippen LogP contribution in [0.3, 0.4) is 0 Å². The number of carboxylic acids is 1. The Morgan fingerprint density at radius 2 is 1.74 bits per heavy atom. The number of nitrogens with zero attached hydrogens (tertiary/aromatic N) is 1. The molecule has 142 valence electrons. The van der Waals surface area contributed by atoms with E-state index in [2.05, 4.69) is 0 Å². The summed E-state index contributed by atoms with van der Waals surface area (Å²) in [5.74, 6) is -0.815. The van der Waals surface area contributed by atoms with E-state index >= 15 is 0 Å². The van der Waals surface area contributed by atoms with Crippen LogP contribution in [0.1, 0.15) is 37.0 Å². The molecule has 0 aliphatic carbocycles. The van der Waals surface area contributed by atoms with Crippen molar-refractivity contribution in [2.24, 2.45) is 0 Å². The Morgan fingerprint density at radius 3 is 2.37 bits per heavy atom. The predicted octanol–water partition coefficient (Wildman–Crippen LogP) is 3.89. The van der Waals surface area contributed by atoms with Crippen LogP contribution in [-0.2, 0) is 16.0 Å². The third-order valence-corrected chi connectivity index (χ3v) is 4.90. The molecule has 0 spiro atoms. The molecule has 0 radical (unpaired) electrons. The molecule has 0 saturated carbocycles. The van der Waals surface area contributed by atoms with E-state index in [1.54, 1.807) is 19.9 Å². The Balaban J connectivity index is 1.95. The Morgan fingerprint density at radius 1 is 1.11 bits per heavy atom. The molecular formula is C22H25NO4. The second-order valence-electron chi connectivity index (χ2n) is 7.64. The second-order valence-corrected chi connectivity index (χ2v) is 7.64. The highest BCUT2D eigenvalue weighted by Crippen LogP contribution is 2.40. The fourth-order valence-corrected chi connectivity index (χ4v) is 3.35. The van der Waals surface area contributed by atoms with Crippen molar-refractivity contribution < 1.29 is 19.4 Å². The minimum atomic E-state index is -1.11. The Hall–Kier alpha value is -2.82. The van der Waals surface area contributed by atoms with E-state index in [-0.39, 0.29) is 5.91 Å². The van der Waals surface area contributed by atoms with Gasteiger partial charge in [-0.2, -0.15) is 0 Å². The van der Waals surface area contributed by atoms with Crippen molar-refractivity contribution in [1.82, 2.24) is 0 Å². The van der Waals surface area contributed by atoms with Gasteiger partial charge < -0.3 is 9.84 Å². The molecule has 1 atom stereocenters. The molecule has 1 amide bonds. The molecule has 5 heteroatoms. The number of aliphatic carboxylic acids is 1. The van der Waals surface area contributed by atoms with E-state index in [1.807, 2.05) is 50.2 Å². The summed E-state index contributed by atoms with van der Waals surface area (Å²) in [5.41, 5.74) is 2.56. The average molecular weight is 367 g/mol. The van der Waals surface area contributed by atoms with E-state index in [0.717, 1.165) is 16.7 Å². The Labute approximate surface area is 159 Å². The fourth-order valence-electron chi connectivity index (χ4n) is 3.35. The first-order valence-electron chi connectivity index (χ1n) is 9.11. The minimum absolute atomic E-state index is 0.327. The molecule has 5 nitrogen and oxygen atoms in total. The first-order chi connectivity index (χ1) is 12.7. The lowest BCUT2D eigenvalue weighted by Gasteiger charge is -2.41. The van der Waals surface area contributed by atoms with Gasteiger partial charge in [0.15, 0.2) is 5.60 Å². The van der Waals surface area contributed by atoms with Gasteiger partial charge in [-0.3, -0.25) is 9.69 Å². The standard InChI is InChI=1S/C22H25NO4/c1-14-5-8-16(9-6-14)10-11-17(20(24)25)23-18-13-15(2)7-12-19(18)27-22(3,4)21(23)26/h5-9,12-13,17H,10-11H2,1-4H3,(H,24,25). The van der Waals surface area contributed by atoms with E-state index in [1.165, 1.54) is 4.90 Å². The van der Waals surface area contributed by atoms with Crippen molar-refractivity contribution in [1.29, 1.82) is 0 Å². The number of benzene rings is 2. The number of carboxylic acid groups (broad SMARTS) is 1. The number of aryl methyl sites for hydroxylation is 3. The fraction of sp³-hybridized carbons (Fsp3) is 0.364. The van der Waals surface area contributed by atoms with Crippen LogP contribution in [0.2, 0.25) is 0 Å². The first-order valence-corrected chi connectivity index (χ1v) is 9.11.